The molecule has 0 aliphatic carbocycles. The number of hydrogen-bond acceptors (Lipinski definition) is 5. The highest BCUT2D eigenvalue weighted by Gasteiger charge is 2.17. The normalized spacial score (nSPS) is 15.4. The Balaban J connectivity index is 1.89. The second-order valence-electron chi connectivity index (χ2n) is 4.81. The van der Waals surface area contributed by atoms with Crippen molar-refractivity contribution in [2.75, 3.05) is 26.4 Å². The molecular weight excluding hydrogens is 246 g/mol. The average molecular weight is 267 g/mol. The maximum atomic E-state index is 9.80. The molecule has 0 spiro atoms. The first-order valence-electron chi connectivity index (χ1n) is 6.59. The highest BCUT2D eigenvalue weighted by molar-refractivity contribution is 5.51. The molecular formula is C14H21NO4. The summed E-state index contributed by atoms with van der Waals surface area (Å²) in [6.45, 7) is 5.87. The number of ether oxygens (including phenoxy) is 3. The summed E-state index contributed by atoms with van der Waals surface area (Å²) in [6.07, 6.45) is -0.553. The van der Waals surface area contributed by atoms with Gasteiger partial charge in [-0.15, -0.1) is 0 Å². The minimum absolute atomic E-state index is 0.222. The zero-order chi connectivity index (χ0) is 13.7. The lowest BCUT2D eigenvalue weighted by Crippen LogP contribution is -2.35. The van der Waals surface area contributed by atoms with Gasteiger partial charge in [-0.2, -0.15) is 0 Å². The second-order valence-corrected chi connectivity index (χ2v) is 4.81. The molecule has 0 amide bonds. The minimum atomic E-state index is -0.553. The summed E-state index contributed by atoms with van der Waals surface area (Å²) in [5.41, 5.74) is 0. The van der Waals surface area contributed by atoms with E-state index in [2.05, 4.69) is 5.32 Å². The third-order valence-electron chi connectivity index (χ3n) is 2.72. The molecule has 1 aromatic carbocycles. The maximum Gasteiger partial charge on any atom is 0.203 e. The summed E-state index contributed by atoms with van der Waals surface area (Å²) in [5.74, 6) is 1.93. The largest absolute Gasteiger partial charge is 0.487 e. The van der Waals surface area contributed by atoms with Crippen LogP contribution >= 0.6 is 0 Å². The van der Waals surface area contributed by atoms with Crippen LogP contribution in [0.1, 0.15) is 13.8 Å². The van der Waals surface area contributed by atoms with Crippen LogP contribution in [0.2, 0.25) is 0 Å². The van der Waals surface area contributed by atoms with Crippen LogP contribution in [0.25, 0.3) is 0 Å². The molecule has 1 aliphatic rings. The van der Waals surface area contributed by atoms with Gasteiger partial charge in [0.25, 0.3) is 0 Å². The van der Waals surface area contributed by atoms with Crippen LogP contribution in [-0.4, -0.2) is 43.6 Å². The van der Waals surface area contributed by atoms with Crippen molar-refractivity contribution in [3.05, 3.63) is 18.2 Å². The Bertz CT molecular complexity index is 408. The Kier molecular flexibility index (Phi) is 4.87. The minimum Gasteiger partial charge on any atom is -0.487 e. The van der Waals surface area contributed by atoms with Gasteiger partial charge in [-0.1, -0.05) is 19.9 Å². The van der Waals surface area contributed by atoms with Crippen LogP contribution in [0.4, 0.5) is 0 Å². The molecule has 0 saturated heterocycles. The van der Waals surface area contributed by atoms with Crippen LogP contribution in [-0.2, 0) is 0 Å². The molecule has 5 nitrogen and oxygen atoms in total. The number of aliphatic hydroxyl groups is 1. The molecule has 2 N–H and O–H groups in total. The molecule has 0 unspecified atom stereocenters. The molecule has 1 aromatic rings. The molecule has 19 heavy (non-hydrogen) atoms. The number of para-hydroxylation sites is 1. The Labute approximate surface area is 113 Å². The molecule has 1 atom stereocenters. The predicted molar refractivity (Wildman–Crippen MR) is 72.1 cm³/mol. The van der Waals surface area contributed by atoms with Gasteiger partial charge in [-0.25, -0.2) is 0 Å². The molecule has 0 saturated carbocycles. The highest BCUT2D eigenvalue weighted by atomic mass is 16.6. The molecule has 0 aromatic heterocycles. The number of hydrogen-bond donors (Lipinski definition) is 2. The summed E-state index contributed by atoms with van der Waals surface area (Å²) in [4.78, 5) is 0. The monoisotopic (exact) mass is 267 g/mol. The van der Waals surface area contributed by atoms with E-state index in [1.54, 1.807) is 0 Å². The topological polar surface area (TPSA) is 60.0 Å². The standard InChI is InChI=1S/C14H21NO4/c1-10(2)15-8-11(16)9-19-13-5-3-4-12-14(13)18-7-6-17-12/h3-5,10-11,15-16H,6-9H2,1-2H3/t11-/m0/s1. The van der Waals surface area contributed by atoms with Crippen molar-refractivity contribution in [1.29, 1.82) is 0 Å². The Morgan fingerprint density at radius 3 is 2.89 bits per heavy atom. The summed E-state index contributed by atoms with van der Waals surface area (Å²) < 4.78 is 16.6. The van der Waals surface area contributed by atoms with Gasteiger partial charge in [0, 0.05) is 12.6 Å². The van der Waals surface area contributed by atoms with Crippen LogP contribution < -0.4 is 19.5 Å². The smallest absolute Gasteiger partial charge is 0.203 e. The van der Waals surface area contributed by atoms with Crippen LogP contribution in [0.15, 0.2) is 18.2 Å². The van der Waals surface area contributed by atoms with Gasteiger partial charge in [-0.3, -0.25) is 0 Å². The van der Waals surface area contributed by atoms with E-state index in [0.717, 1.165) is 0 Å². The lowest BCUT2D eigenvalue weighted by molar-refractivity contribution is 0.0984. The molecule has 0 radical (unpaired) electrons. The predicted octanol–water partition coefficient (Wildman–Crippen LogP) is 1.20. The van der Waals surface area contributed by atoms with Crippen molar-refractivity contribution < 1.29 is 19.3 Å². The fourth-order valence-corrected chi connectivity index (χ4v) is 1.78. The molecule has 1 heterocycles. The van der Waals surface area contributed by atoms with Crippen LogP contribution in [0.3, 0.4) is 0 Å². The van der Waals surface area contributed by atoms with E-state index in [0.29, 0.717) is 43.0 Å². The molecule has 0 bridgehead atoms. The van der Waals surface area contributed by atoms with Crippen LogP contribution in [0, 0.1) is 0 Å². The molecule has 5 heteroatoms. The van der Waals surface area contributed by atoms with E-state index >= 15 is 0 Å². The van der Waals surface area contributed by atoms with Crippen molar-refractivity contribution >= 4 is 0 Å². The van der Waals surface area contributed by atoms with Crippen molar-refractivity contribution in [1.82, 2.24) is 5.32 Å². The van der Waals surface area contributed by atoms with E-state index in [-0.39, 0.29) is 6.61 Å². The lowest BCUT2D eigenvalue weighted by Gasteiger charge is -2.21. The zero-order valence-corrected chi connectivity index (χ0v) is 11.4. The molecule has 1 aliphatic heterocycles. The third-order valence-corrected chi connectivity index (χ3v) is 2.72. The summed E-state index contributed by atoms with van der Waals surface area (Å²) in [6, 6.07) is 5.85. The molecule has 106 valence electrons. The van der Waals surface area contributed by atoms with Gasteiger partial charge in [0.1, 0.15) is 25.9 Å². The Hall–Kier alpha value is -1.46. The quantitative estimate of drug-likeness (QED) is 0.811. The number of fused-ring (bicyclic) bond motifs is 1. The van der Waals surface area contributed by atoms with Gasteiger partial charge in [0.2, 0.25) is 5.75 Å². The van der Waals surface area contributed by atoms with Crippen molar-refractivity contribution in [2.24, 2.45) is 0 Å². The number of aliphatic hydroxyl groups excluding tert-OH is 1. The van der Waals surface area contributed by atoms with Crippen LogP contribution in [0.5, 0.6) is 17.2 Å². The van der Waals surface area contributed by atoms with Crippen molar-refractivity contribution in [3.8, 4) is 17.2 Å². The van der Waals surface area contributed by atoms with E-state index in [1.807, 2.05) is 32.0 Å². The van der Waals surface area contributed by atoms with Gasteiger partial charge < -0.3 is 24.6 Å². The number of rotatable bonds is 6. The van der Waals surface area contributed by atoms with Crippen molar-refractivity contribution in [2.45, 2.75) is 26.0 Å². The summed E-state index contributed by atoms with van der Waals surface area (Å²) in [7, 11) is 0. The lowest BCUT2D eigenvalue weighted by atomic mass is 10.2. The van der Waals surface area contributed by atoms with Gasteiger partial charge >= 0.3 is 0 Å². The van der Waals surface area contributed by atoms with E-state index in [1.165, 1.54) is 0 Å². The first kappa shape index (κ1) is 14.0. The van der Waals surface area contributed by atoms with E-state index in [4.69, 9.17) is 14.2 Å². The third kappa shape index (κ3) is 4.01. The average Bonchev–Trinajstić information content (AvgIpc) is 2.42. The fourth-order valence-electron chi connectivity index (χ4n) is 1.78. The summed E-state index contributed by atoms with van der Waals surface area (Å²) in [5, 5.41) is 13.0. The second kappa shape index (κ2) is 6.63. The zero-order valence-electron chi connectivity index (χ0n) is 11.4. The van der Waals surface area contributed by atoms with E-state index in [9.17, 15) is 5.11 Å². The SMILES string of the molecule is CC(C)NC[C@H](O)COc1cccc2c1OCCO2. The number of benzene rings is 1. The van der Waals surface area contributed by atoms with Gasteiger partial charge in [0.05, 0.1) is 0 Å². The first-order valence-corrected chi connectivity index (χ1v) is 6.59. The molecule has 0 fully saturated rings. The molecule has 2 rings (SSSR count). The Morgan fingerprint density at radius 2 is 2.11 bits per heavy atom. The Morgan fingerprint density at radius 1 is 1.32 bits per heavy atom. The van der Waals surface area contributed by atoms with Crippen molar-refractivity contribution in [3.63, 3.8) is 0 Å². The highest BCUT2D eigenvalue weighted by Crippen LogP contribution is 2.38. The maximum absolute atomic E-state index is 9.80. The fraction of sp³-hybridized carbons (Fsp3) is 0.571. The van der Waals surface area contributed by atoms with Gasteiger partial charge in [0.15, 0.2) is 11.5 Å². The number of nitrogens with one attached hydrogen (secondary N) is 1. The van der Waals surface area contributed by atoms with E-state index < -0.39 is 6.10 Å². The summed E-state index contributed by atoms with van der Waals surface area (Å²) >= 11 is 0. The van der Waals surface area contributed by atoms with Gasteiger partial charge in [-0.05, 0) is 12.1 Å². The first-order chi connectivity index (χ1) is 9.16.